The summed E-state index contributed by atoms with van der Waals surface area (Å²) in [6.45, 7) is 5.38. The average molecular weight is 322 g/mol. The van der Waals surface area contributed by atoms with Crippen LogP contribution in [-0.2, 0) is 11.2 Å². The first-order chi connectivity index (χ1) is 11.1. The number of nitrogens with zero attached hydrogens (tertiary/aromatic N) is 4. The molecule has 2 aliphatic rings. The summed E-state index contributed by atoms with van der Waals surface area (Å²) in [5.74, 6) is 2.09. The van der Waals surface area contributed by atoms with Crippen molar-refractivity contribution in [3.63, 3.8) is 0 Å². The molecule has 1 amide bonds. The van der Waals surface area contributed by atoms with Crippen LogP contribution >= 0.6 is 0 Å². The summed E-state index contributed by atoms with van der Waals surface area (Å²) in [6, 6.07) is 0. The number of β-amino-alcohol motifs (C(OH)–C–C–N with tert-alkyl or cyclic N) is 1. The molecule has 7 heteroatoms. The van der Waals surface area contributed by atoms with Crippen molar-refractivity contribution in [3.05, 3.63) is 11.7 Å². The Morgan fingerprint density at radius 3 is 2.74 bits per heavy atom. The van der Waals surface area contributed by atoms with Crippen LogP contribution < -0.4 is 0 Å². The van der Waals surface area contributed by atoms with Crippen LogP contribution in [0.25, 0.3) is 0 Å². The zero-order valence-electron chi connectivity index (χ0n) is 13.8. The lowest BCUT2D eigenvalue weighted by molar-refractivity contribution is -0.134. The van der Waals surface area contributed by atoms with Crippen molar-refractivity contribution in [3.8, 4) is 0 Å². The minimum atomic E-state index is -0.277. The Morgan fingerprint density at radius 1 is 1.30 bits per heavy atom. The van der Waals surface area contributed by atoms with E-state index in [4.69, 9.17) is 4.52 Å². The van der Waals surface area contributed by atoms with E-state index in [9.17, 15) is 9.90 Å². The van der Waals surface area contributed by atoms with Gasteiger partial charge in [0.05, 0.1) is 12.6 Å². The third-order valence-electron chi connectivity index (χ3n) is 4.85. The van der Waals surface area contributed by atoms with Gasteiger partial charge in [-0.1, -0.05) is 5.16 Å². The van der Waals surface area contributed by atoms with E-state index in [1.165, 1.54) is 0 Å². The minimum absolute atomic E-state index is 0.188. The van der Waals surface area contributed by atoms with Crippen LogP contribution in [0.5, 0.6) is 0 Å². The molecule has 23 heavy (non-hydrogen) atoms. The summed E-state index contributed by atoms with van der Waals surface area (Å²) in [5.41, 5.74) is 0. The molecule has 3 rings (SSSR count). The van der Waals surface area contributed by atoms with Crippen molar-refractivity contribution in [1.29, 1.82) is 0 Å². The van der Waals surface area contributed by atoms with Crippen molar-refractivity contribution in [1.82, 2.24) is 19.9 Å². The first kappa shape index (κ1) is 16.4. The number of hydrogen-bond acceptors (Lipinski definition) is 6. The first-order valence-electron chi connectivity index (χ1n) is 8.57. The molecule has 0 spiro atoms. The third kappa shape index (κ3) is 4.51. The second-order valence-electron chi connectivity index (χ2n) is 6.79. The Hall–Kier alpha value is -1.47. The van der Waals surface area contributed by atoms with Gasteiger partial charge in [-0.15, -0.1) is 0 Å². The van der Waals surface area contributed by atoms with Gasteiger partial charge in [-0.2, -0.15) is 4.98 Å². The van der Waals surface area contributed by atoms with Gasteiger partial charge >= 0.3 is 0 Å². The average Bonchev–Trinajstić information content (AvgIpc) is 2.93. The van der Waals surface area contributed by atoms with Gasteiger partial charge in [-0.05, 0) is 38.1 Å². The van der Waals surface area contributed by atoms with E-state index in [1.54, 1.807) is 6.92 Å². The molecule has 0 radical (unpaired) electrons. The first-order valence-corrected chi connectivity index (χ1v) is 8.57. The smallest absolute Gasteiger partial charge is 0.236 e. The van der Waals surface area contributed by atoms with Crippen molar-refractivity contribution in [2.24, 2.45) is 5.92 Å². The molecular weight excluding hydrogens is 296 g/mol. The lowest BCUT2D eigenvalue weighted by Gasteiger charge is -2.35. The number of aryl methyl sites for hydroxylation is 1. The maximum Gasteiger partial charge on any atom is 0.236 e. The second kappa shape index (κ2) is 7.40. The van der Waals surface area contributed by atoms with Crippen LogP contribution in [0, 0.1) is 12.8 Å². The third-order valence-corrected chi connectivity index (χ3v) is 4.85. The quantitative estimate of drug-likeness (QED) is 0.875. The molecule has 2 saturated heterocycles. The van der Waals surface area contributed by atoms with Gasteiger partial charge in [0.2, 0.25) is 11.8 Å². The standard InChI is InChI=1S/C16H26N4O3/c1-12-17-15(18-23-12)9-13-4-7-20(8-5-13)16(22)11-19-6-2-3-14(21)10-19/h13-14,21H,2-11H2,1H3/t14-/m0/s1. The minimum Gasteiger partial charge on any atom is -0.392 e. The van der Waals surface area contributed by atoms with Crippen LogP contribution in [0.4, 0.5) is 0 Å². The van der Waals surface area contributed by atoms with E-state index in [1.807, 2.05) is 4.90 Å². The van der Waals surface area contributed by atoms with Crippen LogP contribution in [0.15, 0.2) is 4.52 Å². The van der Waals surface area contributed by atoms with Gasteiger partial charge < -0.3 is 14.5 Å². The highest BCUT2D eigenvalue weighted by atomic mass is 16.5. The number of carbonyl (C=O) groups is 1. The molecular formula is C16H26N4O3. The lowest BCUT2D eigenvalue weighted by atomic mass is 9.93. The van der Waals surface area contributed by atoms with Gasteiger partial charge in [0.1, 0.15) is 0 Å². The molecule has 0 unspecified atom stereocenters. The van der Waals surface area contributed by atoms with E-state index in [0.29, 0.717) is 24.9 Å². The fraction of sp³-hybridized carbons (Fsp3) is 0.812. The largest absolute Gasteiger partial charge is 0.392 e. The maximum atomic E-state index is 12.4. The number of piperidine rings is 2. The summed E-state index contributed by atoms with van der Waals surface area (Å²) < 4.78 is 5.01. The monoisotopic (exact) mass is 322 g/mol. The molecule has 3 heterocycles. The number of aliphatic hydroxyl groups excluding tert-OH is 1. The molecule has 0 bridgehead atoms. The van der Waals surface area contributed by atoms with Gasteiger partial charge in [0, 0.05) is 33.0 Å². The number of amides is 1. The maximum absolute atomic E-state index is 12.4. The Labute approximate surface area is 136 Å². The topological polar surface area (TPSA) is 82.7 Å². The zero-order chi connectivity index (χ0) is 16.2. The Morgan fingerprint density at radius 2 is 2.09 bits per heavy atom. The van der Waals surface area contributed by atoms with E-state index in [2.05, 4.69) is 15.0 Å². The zero-order valence-corrected chi connectivity index (χ0v) is 13.8. The van der Waals surface area contributed by atoms with Gasteiger partial charge in [-0.3, -0.25) is 9.69 Å². The van der Waals surface area contributed by atoms with Crippen molar-refractivity contribution in [2.45, 2.75) is 45.1 Å². The Bertz CT molecular complexity index is 525. The highest BCUT2D eigenvalue weighted by Crippen LogP contribution is 2.21. The van der Waals surface area contributed by atoms with Crippen LogP contribution in [0.1, 0.15) is 37.4 Å². The fourth-order valence-corrected chi connectivity index (χ4v) is 3.53. The predicted octanol–water partition coefficient (Wildman–Crippen LogP) is 0.616. The molecule has 2 fully saturated rings. The predicted molar refractivity (Wildman–Crippen MR) is 83.7 cm³/mol. The van der Waals surface area contributed by atoms with E-state index in [0.717, 1.165) is 57.6 Å². The van der Waals surface area contributed by atoms with Crippen LogP contribution in [0.2, 0.25) is 0 Å². The number of carbonyl (C=O) groups excluding carboxylic acids is 1. The summed E-state index contributed by atoms with van der Waals surface area (Å²) in [5, 5.41) is 13.6. The van der Waals surface area contributed by atoms with Crippen molar-refractivity contribution < 1.29 is 14.4 Å². The normalized spacial score (nSPS) is 24.1. The highest BCUT2D eigenvalue weighted by molar-refractivity contribution is 5.78. The molecule has 1 atom stereocenters. The summed E-state index contributed by atoms with van der Waals surface area (Å²) in [7, 11) is 0. The molecule has 128 valence electrons. The lowest BCUT2D eigenvalue weighted by Crippen LogP contribution is -2.47. The molecule has 1 aromatic rings. The number of rotatable bonds is 4. The van der Waals surface area contributed by atoms with E-state index >= 15 is 0 Å². The number of aliphatic hydroxyl groups is 1. The van der Waals surface area contributed by atoms with Gasteiger partial charge in [0.15, 0.2) is 5.82 Å². The number of aromatic nitrogens is 2. The van der Waals surface area contributed by atoms with Crippen molar-refractivity contribution in [2.75, 3.05) is 32.7 Å². The summed E-state index contributed by atoms with van der Waals surface area (Å²) in [4.78, 5) is 20.7. The highest BCUT2D eigenvalue weighted by Gasteiger charge is 2.26. The fourth-order valence-electron chi connectivity index (χ4n) is 3.53. The molecule has 0 saturated carbocycles. The Balaban J connectivity index is 1.42. The molecule has 2 aliphatic heterocycles. The van der Waals surface area contributed by atoms with Crippen molar-refractivity contribution >= 4 is 5.91 Å². The van der Waals surface area contributed by atoms with Gasteiger partial charge in [0.25, 0.3) is 0 Å². The van der Waals surface area contributed by atoms with E-state index < -0.39 is 0 Å². The molecule has 7 nitrogen and oxygen atoms in total. The van der Waals surface area contributed by atoms with Crippen LogP contribution in [0.3, 0.4) is 0 Å². The number of hydrogen-bond donors (Lipinski definition) is 1. The van der Waals surface area contributed by atoms with E-state index in [-0.39, 0.29) is 12.0 Å². The van der Waals surface area contributed by atoms with Crippen LogP contribution in [-0.4, -0.2) is 69.8 Å². The molecule has 1 N–H and O–H groups in total. The summed E-state index contributed by atoms with van der Waals surface area (Å²) >= 11 is 0. The second-order valence-corrected chi connectivity index (χ2v) is 6.79. The number of likely N-dealkylation sites (tertiary alicyclic amines) is 2. The Kier molecular flexibility index (Phi) is 5.27. The summed E-state index contributed by atoms with van der Waals surface area (Å²) in [6.07, 6.45) is 4.36. The van der Waals surface area contributed by atoms with Gasteiger partial charge in [-0.25, -0.2) is 0 Å². The molecule has 0 aliphatic carbocycles. The molecule has 0 aromatic carbocycles. The molecule has 1 aromatic heterocycles. The SMILES string of the molecule is Cc1nc(CC2CCN(C(=O)CN3CCC[C@H](O)C3)CC2)no1.